The molecule has 0 aliphatic carbocycles. The molecule has 0 saturated carbocycles. The molecule has 0 aliphatic heterocycles. The second kappa shape index (κ2) is 4.81. The van der Waals surface area contributed by atoms with Gasteiger partial charge in [-0.15, -0.1) is 11.6 Å². The van der Waals surface area contributed by atoms with E-state index in [9.17, 15) is 4.79 Å². The van der Waals surface area contributed by atoms with Crippen LogP contribution in [0.15, 0.2) is 18.3 Å². The number of aromatic nitrogens is 1. The standard InChI is InChI=1S/C9H12ClN3O/c1-11-9(14)13(2)8-5-7(6-10)3-4-12-8/h3-5H,6H2,1-2H3,(H,11,14). The Hall–Kier alpha value is -1.29. The van der Waals surface area contributed by atoms with Gasteiger partial charge in [0.2, 0.25) is 0 Å². The fraction of sp³-hybridized carbons (Fsp3) is 0.333. The zero-order valence-electron chi connectivity index (χ0n) is 8.12. The third-order valence-electron chi connectivity index (χ3n) is 1.83. The van der Waals surface area contributed by atoms with Crippen LogP contribution in [0.1, 0.15) is 5.56 Å². The molecule has 0 aliphatic rings. The van der Waals surface area contributed by atoms with Gasteiger partial charge in [0.15, 0.2) is 0 Å². The number of rotatable bonds is 2. The highest BCUT2D eigenvalue weighted by Crippen LogP contribution is 2.12. The number of pyridine rings is 1. The molecule has 0 unspecified atom stereocenters. The predicted molar refractivity (Wildman–Crippen MR) is 56.7 cm³/mol. The molecule has 1 aromatic heterocycles. The Morgan fingerprint density at radius 1 is 1.71 bits per heavy atom. The van der Waals surface area contributed by atoms with Crippen molar-refractivity contribution in [3.8, 4) is 0 Å². The Bertz CT molecular complexity index is 330. The Labute approximate surface area is 87.9 Å². The molecule has 0 atom stereocenters. The summed E-state index contributed by atoms with van der Waals surface area (Å²) in [5, 5.41) is 2.51. The highest BCUT2D eigenvalue weighted by molar-refractivity contribution is 6.17. The van der Waals surface area contributed by atoms with Crippen molar-refractivity contribution in [1.82, 2.24) is 10.3 Å². The number of amides is 2. The van der Waals surface area contributed by atoms with Crippen molar-refractivity contribution in [3.63, 3.8) is 0 Å². The van der Waals surface area contributed by atoms with Crippen LogP contribution in [0.5, 0.6) is 0 Å². The van der Waals surface area contributed by atoms with Crippen LogP contribution in [-0.2, 0) is 5.88 Å². The maximum Gasteiger partial charge on any atom is 0.322 e. The van der Waals surface area contributed by atoms with Crippen LogP contribution in [0.2, 0.25) is 0 Å². The highest BCUT2D eigenvalue weighted by Gasteiger charge is 2.09. The summed E-state index contributed by atoms with van der Waals surface area (Å²) in [6, 6.07) is 3.39. The molecule has 5 heteroatoms. The number of urea groups is 1. The van der Waals surface area contributed by atoms with Gasteiger partial charge in [0, 0.05) is 26.2 Å². The van der Waals surface area contributed by atoms with Gasteiger partial charge in [0.25, 0.3) is 0 Å². The fourth-order valence-corrected chi connectivity index (χ4v) is 1.17. The Kier molecular flexibility index (Phi) is 3.71. The first-order valence-electron chi connectivity index (χ1n) is 4.15. The third kappa shape index (κ3) is 2.35. The number of anilines is 1. The van der Waals surface area contributed by atoms with E-state index >= 15 is 0 Å². The van der Waals surface area contributed by atoms with Gasteiger partial charge >= 0.3 is 6.03 Å². The minimum atomic E-state index is -0.204. The second-order valence-corrected chi connectivity index (χ2v) is 3.04. The van der Waals surface area contributed by atoms with Crippen molar-refractivity contribution in [3.05, 3.63) is 23.9 Å². The van der Waals surface area contributed by atoms with Crippen molar-refractivity contribution in [2.45, 2.75) is 5.88 Å². The Morgan fingerprint density at radius 2 is 2.43 bits per heavy atom. The molecule has 76 valence electrons. The van der Waals surface area contributed by atoms with Gasteiger partial charge in [-0.1, -0.05) is 0 Å². The van der Waals surface area contributed by atoms with E-state index in [0.29, 0.717) is 11.7 Å². The lowest BCUT2D eigenvalue weighted by Gasteiger charge is -2.15. The van der Waals surface area contributed by atoms with Crippen LogP contribution in [-0.4, -0.2) is 25.1 Å². The number of nitrogens with one attached hydrogen (secondary N) is 1. The van der Waals surface area contributed by atoms with E-state index in [0.717, 1.165) is 5.56 Å². The van der Waals surface area contributed by atoms with E-state index in [1.807, 2.05) is 6.07 Å². The maximum atomic E-state index is 11.3. The largest absolute Gasteiger partial charge is 0.341 e. The lowest BCUT2D eigenvalue weighted by atomic mass is 10.3. The zero-order chi connectivity index (χ0) is 10.6. The van der Waals surface area contributed by atoms with Gasteiger partial charge in [-0.05, 0) is 17.7 Å². The van der Waals surface area contributed by atoms with E-state index in [-0.39, 0.29) is 6.03 Å². The molecular weight excluding hydrogens is 202 g/mol. The highest BCUT2D eigenvalue weighted by atomic mass is 35.5. The average Bonchev–Trinajstić information content (AvgIpc) is 2.27. The van der Waals surface area contributed by atoms with E-state index in [2.05, 4.69) is 10.3 Å². The van der Waals surface area contributed by atoms with E-state index in [4.69, 9.17) is 11.6 Å². The Balaban J connectivity index is 2.89. The predicted octanol–water partition coefficient (Wildman–Crippen LogP) is 1.60. The van der Waals surface area contributed by atoms with Gasteiger partial charge in [-0.3, -0.25) is 4.90 Å². The smallest absolute Gasteiger partial charge is 0.322 e. The van der Waals surface area contributed by atoms with Gasteiger partial charge in [-0.2, -0.15) is 0 Å². The van der Waals surface area contributed by atoms with Gasteiger partial charge in [0.1, 0.15) is 5.82 Å². The number of alkyl halides is 1. The average molecular weight is 214 g/mol. The van der Waals surface area contributed by atoms with Crippen molar-refractivity contribution in [2.75, 3.05) is 19.0 Å². The summed E-state index contributed by atoms with van der Waals surface area (Å²) < 4.78 is 0. The quantitative estimate of drug-likeness (QED) is 0.759. The maximum absolute atomic E-state index is 11.3. The molecule has 1 rings (SSSR count). The molecule has 4 nitrogen and oxygen atoms in total. The molecule has 2 amide bonds. The van der Waals surface area contributed by atoms with Crippen molar-refractivity contribution in [2.24, 2.45) is 0 Å². The van der Waals surface area contributed by atoms with Crippen molar-refractivity contribution < 1.29 is 4.79 Å². The lowest BCUT2D eigenvalue weighted by molar-refractivity contribution is 0.249. The minimum Gasteiger partial charge on any atom is -0.341 e. The monoisotopic (exact) mass is 213 g/mol. The molecule has 0 saturated heterocycles. The van der Waals surface area contributed by atoms with Crippen LogP contribution in [0.3, 0.4) is 0 Å². The third-order valence-corrected chi connectivity index (χ3v) is 2.13. The summed E-state index contributed by atoms with van der Waals surface area (Å²) >= 11 is 5.67. The van der Waals surface area contributed by atoms with Gasteiger partial charge < -0.3 is 5.32 Å². The molecule has 1 heterocycles. The first kappa shape index (κ1) is 10.8. The number of hydrogen-bond donors (Lipinski definition) is 1. The topological polar surface area (TPSA) is 45.2 Å². The summed E-state index contributed by atoms with van der Waals surface area (Å²) in [5.41, 5.74) is 0.937. The van der Waals surface area contributed by atoms with Crippen LogP contribution < -0.4 is 10.2 Å². The molecule has 1 N–H and O–H groups in total. The summed E-state index contributed by atoms with van der Waals surface area (Å²) in [7, 11) is 3.23. The van der Waals surface area contributed by atoms with Crippen LogP contribution >= 0.6 is 11.6 Å². The molecular formula is C9H12ClN3O. The molecule has 0 aromatic carbocycles. The number of halogens is 1. The first-order valence-corrected chi connectivity index (χ1v) is 4.69. The summed E-state index contributed by atoms with van der Waals surface area (Å²) in [4.78, 5) is 16.7. The minimum absolute atomic E-state index is 0.204. The molecule has 14 heavy (non-hydrogen) atoms. The zero-order valence-corrected chi connectivity index (χ0v) is 8.88. The number of nitrogens with zero attached hydrogens (tertiary/aromatic N) is 2. The summed E-state index contributed by atoms with van der Waals surface area (Å²) in [6.45, 7) is 0. The van der Waals surface area contributed by atoms with E-state index in [1.165, 1.54) is 4.90 Å². The van der Waals surface area contributed by atoms with Crippen molar-refractivity contribution in [1.29, 1.82) is 0 Å². The van der Waals surface area contributed by atoms with Crippen LogP contribution in [0, 0.1) is 0 Å². The summed E-state index contributed by atoms with van der Waals surface area (Å²) in [5.74, 6) is 0.999. The SMILES string of the molecule is CNC(=O)N(C)c1cc(CCl)ccn1. The van der Waals surface area contributed by atoms with E-state index < -0.39 is 0 Å². The molecule has 1 aromatic rings. The van der Waals surface area contributed by atoms with Crippen LogP contribution in [0.4, 0.5) is 10.6 Å². The lowest BCUT2D eigenvalue weighted by Crippen LogP contribution is -2.35. The van der Waals surface area contributed by atoms with Crippen LogP contribution in [0.25, 0.3) is 0 Å². The normalized spacial score (nSPS) is 9.64. The molecule has 0 fully saturated rings. The van der Waals surface area contributed by atoms with E-state index in [1.54, 1.807) is 26.4 Å². The number of carbonyl (C=O) groups excluding carboxylic acids is 1. The Morgan fingerprint density at radius 3 is 3.00 bits per heavy atom. The van der Waals surface area contributed by atoms with Gasteiger partial charge in [0.05, 0.1) is 0 Å². The number of hydrogen-bond acceptors (Lipinski definition) is 2. The fourth-order valence-electron chi connectivity index (χ4n) is 0.999. The van der Waals surface area contributed by atoms with Gasteiger partial charge in [-0.25, -0.2) is 9.78 Å². The first-order chi connectivity index (χ1) is 6.69. The molecule has 0 radical (unpaired) electrons. The second-order valence-electron chi connectivity index (χ2n) is 2.77. The number of carbonyl (C=O) groups is 1. The van der Waals surface area contributed by atoms with Crippen molar-refractivity contribution >= 4 is 23.4 Å². The molecule has 0 bridgehead atoms. The summed E-state index contributed by atoms with van der Waals surface area (Å²) in [6.07, 6.45) is 1.63. The molecule has 0 spiro atoms.